The molecule has 0 unspecified atom stereocenters. The molecule has 0 saturated carbocycles. The molecule has 0 atom stereocenters. The molecule has 1 aromatic heterocycles. The Bertz CT molecular complexity index is 1090. The number of aromatic amines is 1. The van der Waals surface area contributed by atoms with Crippen LogP contribution in [0.5, 0.6) is 11.5 Å². The van der Waals surface area contributed by atoms with Gasteiger partial charge in [-0.15, -0.1) is 0 Å². The van der Waals surface area contributed by atoms with Gasteiger partial charge in [-0.25, -0.2) is 9.37 Å². The van der Waals surface area contributed by atoms with E-state index in [9.17, 15) is 14.0 Å². The number of amides is 1. The van der Waals surface area contributed by atoms with E-state index in [1.54, 1.807) is 30.3 Å². The van der Waals surface area contributed by atoms with Gasteiger partial charge >= 0.3 is 0 Å². The van der Waals surface area contributed by atoms with Gasteiger partial charge < -0.3 is 19.8 Å². The van der Waals surface area contributed by atoms with Crippen molar-refractivity contribution in [3.05, 3.63) is 76.0 Å². The molecule has 2 N–H and O–H groups in total. The van der Waals surface area contributed by atoms with Crippen molar-refractivity contribution in [3.63, 3.8) is 0 Å². The third-order valence-corrected chi connectivity index (χ3v) is 5.03. The number of nitrogens with one attached hydrogen (secondary N) is 2. The highest BCUT2D eigenvalue weighted by Crippen LogP contribution is 2.29. The number of carbonyl (C=O) groups is 1. The molecule has 7 nitrogen and oxygen atoms in total. The summed E-state index contributed by atoms with van der Waals surface area (Å²) < 4.78 is 23.4. The van der Waals surface area contributed by atoms with Crippen LogP contribution in [0.1, 0.15) is 11.3 Å². The maximum absolute atomic E-state index is 13.0. The Balaban J connectivity index is 1.68. The van der Waals surface area contributed by atoms with Gasteiger partial charge in [-0.1, -0.05) is 23.9 Å². The number of thioether (sulfide) groups is 1. The van der Waals surface area contributed by atoms with Gasteiger partial charge in [-0.05, 0) is 29.8 Å². The van der Waals surface area contributed by atoms with Crippen molar-refractivity contribution in [2.24, 2.45) is 0 Å². The first-order valence-corrected chi connectivity index (χ1v) is 9.94. The Hall–Kier alpha value is -3.33. The van der Waals surface area contributed by atoms with Crippen molar-refractivity contribution in [2.45, 2.75) is 17.3 Å². The topological polar surface area (TPSA) is 93.3 Å². The molecular weight excluding hydrogens is 409 g/mol. The molecule has 2 aromatic carbocycles. The predicted octanol–water partition coefficient (Wildman–Crippen LogP) is 3.40. The first-order valence-electron chi connectivity index (χ1n) is 8.96. The summed E-state index contributed by atoms with van der Waals surface area (Å²) in [7, 11) is 3.03. The van der Waals surface area contributed by atoms with Gasteiger partial charge in [0.2, 0.25) is 5.91 Å². The lowest BCUT2D eigenvalue weighted by Gasteiger charge is -2.11. The first kappa shape index (κ1) is 21.4. The van der Waals surface area contributed by atoms with Crippen LogP contribution in [0.25, 0.3) is 0 Å². The highest BCUT2D eigenvalue weighted by molar-refractivity contribution is 7.98. The average Bonchev–Trinajstić information content (AvgIpc) is 2.72. The number of nitrogens with zero attached hydrogens (tertiary/aromatic N) is 1. The number of benzene rings is 2. The van der Waals surface area contributed by atoms with Crippen LogP contribution in [0.4, 0.5) is 10.1 Å². The second kappa shape index (κ2) is 9.93. The van der Waals surface area contributed by atoms with Crippen molar-refractivity contribution >= 4 is 23.4 Å². The number of hydrogen-bond donors (Lipinski definition) is 2. The van der Waals surface area contributed by atoms with E-state index in [0.717, 1.165) is 5.56 Å². The van der Waals surface area contributed by atoms with Crippen LogP contribution < -0.4 is 20.3 Å². The molecule has 0 saturated heterocycles. The number of H-pyrrole nitrogens is 1. The predicted molar refractivity (Wildman–Crippen MR) is 113 cm³/mol. The number of ether oxygens (including phenoxy) is 2. The summed E-state index contributed by atoms with van der Waals surface area (Å²) in [5.41, 5.74) is 1.32. The fourth-order valence-electron chi connectivity index (χ4n) is 2.65. The molecule has 0 aliphatic rings. The van der Waals surface area contributed by atoms with Crippen molar-refractivity contribution in [2.75, 3.05) is 19.5 Å². The molecule has 156 valence electrons. The molecule has 1 heterocycles. The second-order valence-corrected chi connectivity index (χ2v) is 7.21. The second-order valence-electron chi connectivity index (χ2n) is 6.25. The Morgan fingerprint density at radius 3 is 2.60 bits per heavy atom. The molecule has 0 aliphatic carbocycles. The van der Waals surface area contributed by atoms with Crippen LogP contribution in [0, 0.1) is 5.82 Å². The van der Waals surface area contributed by atoms with Crippen LogP contribution in [0.3, 0.4) is 0 Å². The summed E-state index contributed by atoms with van der Waals surface area (Å²) in [5.74, 6) is 0.892. The standard InChI is InChI=1S/C21H20FN3O4S/c1-28-16-7-8-18(29-2)17(11-16)24-19(26)9-15-10-20(27)25-21(23-15)30-12-13-3-5-14(22)6-4-13/h3-8,10-11H,9,12H2,1-2H3,(H,24,26)(H,23,25,27). The Labute approximate surface area is 176 Å². The zero-order valence-electron chi connectivity index (χ0n) is 16.4. The van der Waals surface area contributed by atoms with E-state index in [2.05, 4.69) is 15.3 Å². The summed E-state index contributed by atoms with van der Waals surface area (Å²) in [6.45, 7) is 0. The van der Waals surface area contributed by atoms with Crippen LogP contribution >= 0.6 is 11.8 Å². The molecule has 1 amide bonds. The Kier molecular flexibility index (Phi) is 7.08. The van der Waals surface area contributed by atoms with Gasteiger partial charge in [0, 0.05) is 17.9 Å². The van der Waals surface area contributed by atoms with E-state index >= 15 is 0 Å². The lowest BCUT2D eigenvalue weighted by Crippen LogP contribution is -2.18. The number of rotatable bonds is 8. The zero-order chi connectivity index (χ0) is 21.5. The molecule has 9 heteroatoms. The number of carbonyl (C=O) groups excluding carboxylic acids is 1. The lowest BCUT2D eigenvalue weighted by molar-refractivity contribution is -0.115. The number of hydrogen-bond acceptors (Lipinski definition) is 6. The van der Waals surface area contributed by atoms with Gasteiger partial charge in [0.15, 0.2) is 5.16 Å². The molecule has 3 aromatic rings. The van der Waals surface area contributed by atoms with Crippen molar-refractivity contribution in [3.8, 4) is 11.5 Å². The van der Waals surface area contributed by atoms with Crippen molar-refractivity contribution < 1.29 is 18.7 Å². The van der Waals surface area contributed by atoms with Crippen LogP contribution in [0.2, 0.25) is 0 Å². The van der Waals surface area contributed by atoms with Crippen LogP contribution in [-0.2, 0) is 17.0 Å². The summed E-state index contributed by atoms with van der Waals surface area (Å²) in [6.07, 6.45) is -0.0889. The smallest absolute Gasteiger partial charge is 0.251 e. The van der Waals surface area contributed by atoms with Gasteiger partial charge in [0.05, 0.1) is 32.0 Å². The van der Waals surface area contributed by atoms with E-state index in [1.807, 2.05) is 0 Å². The monoisotopic (exact) mass is 429 g/mol. The molecule has 0 fully saturated rings. The summed E-state index contributed by atoms with van der Waals surface area (Å²) >= 11 is 1.29. The highest BCUT2D eigenvalue weighted by Gasteiger charge is 2.12. The van der Waals surface area contributed by atoms with Gasteiger partial charge in [-0.2, -0.15) is 0 Å². The SMILES string of the molecule is COc1ccc(OC)c(NC(=O)Cc2cc(=O)[nH]c(SCc3ccc(F)cc3)n2)c1. The Morgan fingerprint density at radius 2 is 1.90 bits per heavy atom. The van der Waals surface area contributed by atoms with Crippen molar-refractivity contribution in [1.82, 2.24) is 9.97 Å². The van der Waals surface area contributed by atoms with Crippen molar-refractivity contribution in [1.29, 1.82) is 0 Å². The largest absolute Gasteiger partial charge is 0.497 e. The van der Waals surface area contributed by atoms with Gasteiger partial charge in [-0.3, -0.25) is 9.59 Å². The number of halogens is 1. The quantitative estimate of drug-likeness (QED) is 0.421. The molecule has 0 radical (unpaired) electrons. The number of methoxy groups -OCH3 is 2. The Morgan fingerprint density at radius 1 is 1.13 bits per heavy atom. The fourth-order valence-corrected chi connectivity index (χ4v) is 3.50. The molecule has 0 bridgehead atoms. The average molecular weight is 429 g/mol. The summed E-state index contributed by atoms with van der Waals surface area (Å²) in [5, 5.41) is 3.13. The first-order chi connectivity index (χ1) is 14.5. The third kappa shape index (κ3) is 5.84. The minimum atomic E-state index is -0.353. The van der Waals surface area contributed by atoms with Crippen LogP contribution in [0.15, 0.2) is 58.5 Å². The van der Waals surface area contributed by atoms with E-state index in [0.29, 0.717) is 33.8 Å². The minimum Gasteiger partial charge on any atom is -0.497 e. The normalized spacial score (nSPS) is 10.5. The van der Waals surface area contributed by atoms with E-state index < -0.39 is 0 Å². The highest BCUT2D eigenvalue weighted by atomic mass is 32.2. The molecule has 0 aliphatic heterocycles. The minimum absolute atomic E-state index is 0.0889. The summed E-state index contributed by atoms with van der Waals surface area (Å²) in [4.78, 5) is 31.4. The maximum Gasteiger partial charge on any atom is 0.251 e. The van der Waals surface area contributed by atoms with E-state index in [-0.39, 0.29) is 23.7 Å². The number of anilines is 1. The van der Waals surface area contributed by atoms with Gasteiger partial charge in [0.25, 0.3) is 5.56 Å². The summed E-state index contributed by atoms with van der Waals surface area (Å²) in [6, 6.07) is 12.4. The fraction of sp³-hybridized carbons (Fsp3) is 0.190. The van der Waals surface area contributed by atoms with Gasteiger partial charge in [0.1, 0.15) is 17.3 Å². The van der Waals surface area contributed by atoms with E-state index in [4.69, 9.17) is 9.47 Å². The van der Waals surface area contributed by atoms with E-state index in [1.165, 1.54) is 44.2 Å². The lowest BCUT2D eigenvalue weighted by atomic mass is 10.2. The molecule has 0 spiro atoms. The molecule has 30 heavy (non-hydrogen) atoms. The molecule has 3 rings (SSSR count). The number of aromatic nitrogens is 2. The molecular formula is C21H20FN3O4S. The third-order valence-electron chi connectivity index (χ3n) is 4.08. The zero-order valence-corrected chi connectivity index (χ0v) is 17.2. The van der Waals surface area contributed by atoms with Crippen LogP contribution in [-0.4, -0.2) is 30.1 Å². The maximum atomic E-state index is 13.0.